The van der Waals surface area contributed by atoms with Crippen LogP contribution >= 0.6 is 0 Å². The highest BCUT2D eigenvalue weighted by molar-refractivity contribution is 5.70. The Morgan fingerprint density at radius 2 is 1.04 bits per heavy atom. The number of nitrogens with zero attached hydrogens (tertiary/aromatic N) is 3. The summed E-state index contributed by atoms with van der Waals surface area (Å²) < 4.78 is 7.14. The quantitative estimate of drug-likeness (QED) is 0.153. The standard InChI is InChI=1S/C44H40N3/c1-33-17-7-9-21-37(33)42-26-14-16-29-47(42)44(40-24-12-11-23-39(40)41-25-13-15-28-45(41)3)32-46-30-27-36(35-19-5-4-6-20-35)31-43(46)38-22-10-8-18-34(38)2/h4-31,44H,32H2,1-3H3/q+3. The second kappa shape index (κ2) is 13.4. The van der Waals surface area contributed by atoms with Gasteiger partial charge in [-0.05, 0) is 66.4 Å². The normalized spacial score (nSPS) is 11.7. The molecule has 0 amide bonds. The zero-order valence-electron chi connectivity index (χ0n) is 27.3. The Kier molecular flexibility index (Phi) is 8.53. The monoisotopic (exact) mass is 610 g/mol. The summed E-state index contributed by atoms with van der Waals surface area (Å²) in [4.78, 5) is 0. The van der Waals surface area contributed by atoms with Crippen LogP contribution in [0.2, 0.25) is 0 Å². The molecule has 3 nitrogen and oxygen atoms in total. The van der Waals surface area contributed by atoms with Crippen LogP contribution in [0, 0.1) is 13.8 Å². The highest BCUT2D eigenvalue weighted by Crippen LogP contribution is 2.31. The van der Waals surface area contributed by atoms with Crippen molar-refractivity contribution in [2.75, 3.05) is 0 Å². The van der Waals surface area contributed by atoms with Gasteiger partial charge in [-0.1, -0.05) is 84.9 Å². The zero-order valence-corrected chi connectivity index (χ0v) is 27.3. The SMILES string of the molecule is Cc1ccccc1-c1cc(-c2ccccc2)cc[n+]1CC(c1ccccc1-c1cccc[n+]1C)[n+]1ccccc1-c1ccccc1C. The summed E-state index contributed by atoms with van der Waals surface area (Å²) in [5.41, 5.74) is 13.5. The fourth-order valence-electron chi connectivity index (χ4n) is 6.75. The molecule has 0 saturated heterocycles. The maximum Gasteiger partial charge on any atom is 0.243 e. The third kappa shape index (κ3) is 6.13. The Labute approximate surface area is 278 Å². The predicted molar refractivity (Wildman–Crippen MR) is 190 cm³/mol. The minimum Gasteiger partial charge on any atom is -0.201 e. The van der Waals surface area contributed by atoms with Crippen molar-refractivity contribution in [1.29, 1.82) is 0 Å². The van der Waals surface area contributed by atoms with Crippen LogP contribution < -0.4 is 13.7 Å². The first-order valence-electron chi connectivity index (χ1n) is 16.3. The minimum atomic E-state index is -0.0162. The van der Waals surface area contributed by atoms with Gasteiger partial charge in [-0.25, -0.2) is 4.57 Å². The van der Waals surface area contributed by atoms with Crippen LogP contribution in [0.25, 0.3) is 44.9 Å². The van der Waals surface area contributed by atoms with E-state index in [1.54, 1.807) is 0 Å². The summed E-state index contributed by atoms with van der Waals surface area (Å²) >= 11 is 0. The molecule has 0 spiro atoms. The van der Waals surface area contributed by atoms with Crippen molar-refractivity contribution < 1.29 is 13.7 Å². The van der Waals surface area contributed by atoms with E-state index in [0.717, 1.165) is 6.54 Å². The van der Waals surface area contributed by atoms with Crippen molar-refractivity contribution in [3.8, 4) is 44.9 Å². The van der Waals surface area contributed by atoms with E-state index < -0.39 is 0 Å². The van der Waals surface area contributed by atoms with Crippen LogP contribution in [0.4, 0.5) is 0 Å². The van der Waals surface area contributed by atoms with Crippen LogP contribution in [-0.2, 0) is 13.6 Å². The van der Waals surface area contributed by atoms with Crippen molar-refractivity contribution in [3.63, 3.8) is 0 Å². The number of aromatic nitrogens is 3. The molecule has 0 N–H and O–H groups in total. The molecular weight excluding hydrogens is 571 g/mol. The van der Waals surface area contributed by atoms with Crippen molar-refractivity contribution in [2.24, 2.45) is 7.05 Å². The predicted octanol–water partition coefficient (Wildman–Crippen LogP) is 8.66. The second-order valence-corrected chi connectivity index (χ2v) is 12.2. The molecule has 0 aliphatic carbocycles. The first-order chi connectivity index (χ1) is 23.1. The lowest BCUT2D eigenvalue weighted by atomic mass is 9.94. The minimum absolute atomic E-state index is 0.0162. The first kappa shape index (κ1) is 30.0. The highest BCUT2D eigenvalue weighted by atomic mass is 15.1. The molecule has 0 bridgehead atoms. The van der Waals surface area contributed by atoms with E-state index in [4.69, 9.17) is 0 Å². The summed E-state index contributed by atoms with van der Waals surface area (Å²) in [5, 5.41) is 0. The van der Waals surface area contributed by atoms with Crippen molar-refractivity contribution >= 4 is 0 Å². The van der Waals surface area contributed by atoms with E-state index in [9.17, 15) is 0 Å². The molecule has 0 aliphatic heterocycles. The molecular formula is C44H40N3+3. The van der Waals surface area contributed by atoms with E-state index in [0.29, 0.717) is 0 Å². The van der Waals surface area contributed by atoms with Crippen LogP contribution in [-0.4, -0.2) is 0 Å². The summed E-state index contributed by atoms with van der Waals surface area (Å²) in [7, 11) is 2.13. The number of rotatable bonds is 8. The Hall–Kier alpha value is -5.67. The average Bonchev–Trinajstić information content (AvgIpc) is 3.12. The van der Waals surface area contributed by atoms with Crippen LogP contribution in [0.15, 0.2) is 170 Å². The van der Waals surface area contributed by atoms with Gasteiger partial charge in [-0.3, -0.25) is 0 Å². The van der Waals surface area contributed by atoms with E-state index >= 15 is 0 Å². The topological polar surface area (TPSA) is 11.6 Å². The summed E-state index contributed by atoms with van der Waals surface area (Å²) in [6.07, 6.45) is 6.66. The molecule has 3 heterocycles. The maximum absolute atomic E-state index is 2.48. The lowest BCUT2D eigenvalue weighted by Gasteiger charge is -2.18. The molecule has 0 saturated carbocycles. The number of pyridine rings is 3. The van der Waals surface area contributed by atoms with Crippen molar-refractivity contribution in [3.05, 3.63) is 187 Å². The van der Waals surface area contributed by atoms with Crippen molar-refractivity contribution in [2.45, 2.75) is 26.4 Å². The smallest absolute Gasteiger partial charge is 0.201 e. The Bertz CT molecular complexity index is 2080. The molecule has 0 radical (unpaired) electrons. The van der Waals surface area contributed by atoms with Gasteiger partial charge in [-0.2, -0.15) is 9.13 Å². The third-order valence-corrected chi connectivity index (χ3v) is 9.23. The van der Waals surface area contributed by atoms with Gasteiger partial charge in [0.25, 0.3) is 0 Å². The zero-order chi connectivity index (χ0) is 32.2. The van der Waals surface area contributed by atoms with E-state index in [1.165, 1.54) is 61.6 Å². The lowest BCUT2D eigenvalue weighted by molar-refractivity contribution is -0.781. The van der Waals surface area contributed by atoms with Gasteiger partial charge in [0.05, 0.1) is 5.56 Å². The molecule has 1 atom stereocenters. The Balaban J connectivity index is 1.47. The number of aryl methyl sites for hydroxylation is 3. The van der Waals surface area contributed by atoms with Gasteiger partial charge >= 0.3 is 0 Å². The molecule has 47 heavy (non-hydrogen) atoms. The largest absolute Gasteiger partial charge is 0.243 e. The van der Waals surface area contributed by atoms with Gasteiger partial charge in [0.2, 0.25) is 29.7 Å². The van der Waals surface area contributed by atoms with Gasteiger partial charge in [0, 0.05) is 53.1 Å². The van der Waals surface area contributed by atoms with E-state index in [-0.39, 0.29) is 6.04 Å². The fourth-order valence-corrected chi connectivity index (χ4v) is 6.75. The molecule has 0 aliphatic rings. The van der Waals surface area contributed by atoms with Crippen LogP contribution in [0.3, 0.4) is 0 Å². The number of benzene rings is 4. The summed E-state index contributed by atoms with van der Waals surface area (Å²) in [6, 6.07) is 54.6. The van der Waals surface area contributed by atoms with Crippen molar-refractivity contribution in [1.82, 2.24) is 0 Å². The molecule has 3 heteroatoms. The third-order valence-electron chi connectivity index (χ3n) is 9.23. The van der Waals surface area contributed by atoms with Gasteiger partial charge < -0.3 is 0 Å². The molecule has 4 aromatic carbocycles. The lowest BCUT2D eigenvalue weighted by Crippen LogP contribution is -2.51. The van der Waals surface area contributed by atoms with Gasteiger partial charge in [0.1, 0.15) is 7.05 Å². The summed E-state index contributed by atoms with van der Waals surface area (Å²) in [6.45, 7) is 5.14. The van der Waals surface area contributed by atoms with Gasteiger partial charge in [0.15, 0.2) is 18.6 Å². The molecule has 1 unspecified atom stereocenters. The molecule has 228 valence electrons. The molecule has 7 rings (SSSR count). The molecule has 3 aromatic heterocycles. The second-order valence-electron chi connectivity index (χ2n) is 12.2. The van der Waals surface area contributed by atoms with Crippen LogP contribution in [0.1, 0.15) is 22.7 Å². The summed E-state index contributed by atoms with van der Waals surface area (Å²) in [5.74, 6) is 0. The molecule has 0 fully saturated rings. The van der Waals surface area contributed by atoms with Gasteiger partial charge in [-0.15, -0.1) is 0 Å². The maximum atomic E-state index is 2.48. The average molecular weight is 611 g/mol. The first-order valence-corrected chi connectivity index (χ1v) is 16.3. The van der Waals surface area contributed by atoms with E-state index in [1.807, 2.05) is 0 Å². The van der Waals surface area contributed by atoms with E-state index in [2.05, 4.69) is 205 Å². The number of hydrogen-bond acceptors (Lipinski definition) is 0. The fraction of sp³-hybridized carbons (Fsp3) is 0.114. The Morgan fingerprint density at radius 3 is 1.74 bits per heavy atom. The highest BCUT2D eigenvalue weighted by Gasteiger charge is 2.34. The number of hydrogen-bond donors (Lipinski definition) is 0. The van der Waals surface area contributed by atoms with Crippen LogP contribution in [0.5, 0.6) is 0 Å². The molecule has 7 aromatic rings. The Morgan fingerprint density at radius 1 is 0.468 bits per heavy atom.